The molecule has 2 aromatic carbocycles. The fraction of sp³-hybridized carbons (Fsp3) is 0.222. The zero-order chi connectivity index (χ0) is 17.2. The summed E-state index contributed by atoms with van der Waals surface area (Å²) in [6, 6.07) is 15.0. The van der Waals surface area contributed by atoms with Crippen molar-refractivity contribution >= 4 is 40.9 Å². The lowest BCUT2D eigenvalue weighted by molar-refractivity contribution is -0.129. The molecule has 0 fully saturated rings. The molecule has 2 amide bonds. The molecule has 0 spiro atoms. The maximum Gasteiger partial charge on any atom is 0.250 e. The van der Waals surface area contributed by atoms with Crippen molar-refractivity contribution < 1.29 is 9.59 Å². The number of rotatable bonds is 4. The van der Waals surface area contributed by atoms with Gasteiger partial charge in [0.15, 0.2) is 4.75 Å². The van der Waals surface area contributed by atoms with Gasteiger partial charge in [-0.1, -0.05) is 53.7 Å². The van der Waals surface area contributed by atoms with Crippen molar-refractivity contribution in [3.8, 4) is 0 Å². The lowest BCUT2D eigenvalue weighted by Gasteiger charge is -2.31. The zero-order valence-corrected chi connectivity index (χ0v) is 14.7. The van der Waals surface area contributed by atoms with Gasteiger partial charge in [0.05, 0.1) is 5.69 Å². The van der Waals surface area contributed by atoms with Crippen LogP contribution in [0.2, 0.25) is 5.02 Å². The van der Waals surface area contributed by atoms with Crippen LogP contribution < -0.4 is 10.6 Å². The summed E-state index contributed by atoms with van der Waals surface area (Å²) in [4.78, 5) is 25.9. The van der Waals surface area contributed by atoms with Crippen LogP contribution >= 0.6 is 23.4 Å². The fourth-order valence-corrected chi connectivity index (χ4v) is 3.85. The minimum absolute atomic E-state index is 0.299. The fourth-order valence-electron chi connectivity index (χ4n) is 2.50. The van der Waals surface area contributed by atoms with Gasteiger partial charge in [0, 0.05) is 16.5 Å². The number of amides is 2. The van der Waals surface area contributed by atoms with Crippen LogP contribution in [0.3, 0.4) is 0 Å². The molecule has 3 rings (SSSR count). The van der Waals surface area contributed by atoms with Crippen LogP contribution in [0.15, 0.2) is 53.4 Å². The highest BCUT2D eigenvalue weighted by Crippen LogP contribution is 2.42. The Kier molecular flexibility index (Phi) is 4.83. The summed E-state index contributed by atoms with van der Waals surface area (Å²) in [7, 11) is 0. The van der Waals surface area contributed by atoms with E-state index in [1.807, 2.05) is 48.5 Å². The van der Waals surface area contributed by atoms with Crippen LogP contribution in [0.1, 0.15) is 12.5 Å². The Hall–Kier alpha value is -1.98. The van der Waals surface area contributed by atoms with Gasteiger partial charge in [-0.25, -0.2) is 0 Å². The highest BCUT2D eigenvalue weighted by Gasteiger charge is 2.45. The molecule has 0 saturated heterocycles. The Bertz CT molecular complexity index is 796. The summed E-state index contributed by atoms with van der Waals surface area (Å²) in [5, 5.41) is 6.33. The van der Waals surface area contributed by atoms with Crippen LogP contribution in [0.5, 0.6) is 0 Å². The largest absolute Gasteiger partial charge is 0.354 e. The molecule has 6 heteroatoms. The van der Waals surface area contributed by atoms with Crippen LogP contribution in [-0.4, -0.2) is 23.1 Å². The first-order chi connectivity index (χ1) is 11.5. The van der Waals surface area contributed by atoms with Crippen molar-refractivity contribution in [1.82, 2.24) is 5.32 Å². The van der Waals surface area contributed by atoms with Gasteiger partial charge in [-0.2, -0.15) is 0 Å². The van der Waals surface area contributed by atoms with Gasteiger partial charge < -0.3 is 10.6 Å². The van der Waals surface area contributed by atoms with Gasteiger partial charge in [0.1, 0.15) is 0 Å². The van der Waals surface area contributed by atoms with E-state index in [-0.39, 0.29) is 11.8 Å². The van der Waals surface area contributed by atoms with Gasteiger partial charge in [-0.05, 0) is 37.1 Å². The number of carbonyl (C=O) groups is 2. The van der Waals surface area contributed by atoms with E-state index in [9.17, 15) is 9.59 Å². The highest BCUT2D eigenvalue weighted by molar-refractivity contribution is 8.02. The Morgan fingerprint density at radius 3 is 2.71 bits per heavy atom. The summed E-state index contributed by atoms with van der Waals surface area (Å²) in [5.41, 5.74) is 1.71. The number of para-hydroxylation sites is 1. The lowest BCUT2D eigenvalue weighted by Crippen LogP contribution is -2.52. The quantitative estimate of drug-likeness (QED) is 0.820. The molecule has 1 unspecified atom stereocenters. The number of fused-ring (bicyclic) bond motifs is 1. The van der Waals surface area contributed by atoms with Crippen LogP contribution in [0.25, 0.3) is 0 Å². The van der Waals surface area contributed by atoms with Crippen molar-refractivity contribution in [1.29, 1.82) is 0 Å². The third-order valence-electron chi connectivity index (χ3n) is 3.95. The smallest absolute Gasteiger partial charge is 0.250 e. The maximum atomic E-state index is 12.6. The predicted octanol–water partition coefficient (Wildman–Crippen LogP) is 3.50. The Labute approximate surface area is 150 Å². The molecule has 124 valence electrons. The third-order valence-corrected chi connectivity index (χ3v) is 5.68. The first kappa shape index (κ1) is 16.9. The summed E-state index contributed by atoms with van der Waals surface area (Å²) >= 11 is 7.39. The minimum atomic E-state index is -1.19. The van der Waals surface area contributed by atoms with Crippen molar-refractivity contribution in [2.75, 3.05) is 11.9 Å². The van der Waals surface area contributed by atoms with Crippen LogP contribution in [0, 0.1) is 0 Å². The first-order valence-corrected chi connectivity index (χ1v) is 8.81. The van der Waals surface area contributed by atoms with E-state index in [1.165, 1.54) is 11.8 Å². The number of hydrogen-bond acceptors (Lipinski definition) is 3. The van der Waals surface area contributed by atoms with Gasteiger partial charge in [-0.3, -0.25) is 9.59 Å². The monoisotopic (exact) mass is 360 g/mol. The van der Waals surface area contributed by atoms with E-state index in [0.717, 1.165) is 16.1 Å². The molecule has 2 aromatic rings. The second kappa shape index (κ2) is 6.87. The number of carbonyl (C=O) groups excluding carboxylic acids is 2. The highest BCUT2D eigenvalue weighted by atomic mass is 35.5. The van der Waals surface area contributed by atoms with E-state index >= 15 is 0 Å². The molecule has 1 heterocycles. The summed E-state index contributed by atoms with van der Waals surface area (Å²) in [6.07, 6.45) is 0.615. The second-order valence-corrected chi connectivity index (χ2v) is 7.55. The first-order valence-electron chi connectivity index (χ1n) is 7.62. The number of benzene rings is 2. The van der Waals surface area contributed by atoms with Crippen molar-refractivity contribution in [2.24, 2.45) is 0 Å². The van der Waals surface area contributed by atoms with Gasteiger partial charge >= 0.3 is 0 Å². The summed E-state index contributed by atoms with van der Waals surface area (Å²) in [6.45, 7) is 2.07. The van der Waals surface area contributed by atoms with Gasteiger partial charge in [0.2, 0.25) is 11.8 Å². The van der Waals surface area contributed by atoms with Crippen LogP contribution in [0.4, 0.5) is 5.69 Å². The predicted molar refractivity (Wildman–Crippen MR) is 97.5 cm³/mol. The Morgan fingerprint density at radius 2 is 1.92 bits per heavy atom. The molecule has 2 N–H and O–H groups in total. The maximum absolute atomic E-state index is 12.6. The average Bonchev–Trinajstić information content (AvgIpc) is 2.57. The number of anilines is 1. The number of nitrogens with one attached hydrogen (secondary N) is 2. The lowest BCUT2D eigenvalue weighted by atomic mass is 10.1. The van der Waals surface area contributed by atoms with E-state index in [2.05, 4.69) is 10.6 Å². The summed E-state index contributed by atoms with van der Waals surface area (Å²) < 4.78 is -1.19. The number of halogens is 1. The molecule has 24 heavy (non-hydrogen) atoms. The number of hydrogen-bond donors (Lipinski definition) is 2. The van der Waals surface area contributed by atoms with Crippen molar-refractivity contribution in [3.63, 3.8) is 0 Å². The van der Waals surface area contributed by atoms with Gasteiger partial charge in [-0.15, -0.1) is 0 Å². The van der Waals surface area contributed by atoms with Crippen molar-refractivity contribution in [3.05, 3.63) is 59.1 Å². The molecule has 0 radical (unpaired) electrons. The molecule has 0 saturated carbocycles. The molecule has 4 nitrogen and oxygen atoms in total. The van der Waals surface area contributed by atoms with E-state index in [4.69, 9.17) is 11.6 Å². The summed E-state index contributed by atoms with van der Waals surface area (Å²) in [5.74, 6) is -0.604. The average molecular weight is 361 g/mol. The molecular formula is C18H17ClN2O2S. The van der Waals surface area contributed by atoms with Gasteiger partial charge in [0.25, 0.3) is 0 Å². The SMILES string of the molecule is CC1(C(=O)NCCc2ccccc2Cl)Sc2ccccc2NC1=O. The minimum Gasteiger partial charge on any atom is -0.354 e. The molecule has 0 bridgehead atoms. The molecule has 1 aliphatic rings. The normalized spacial score (nSPS) is 19.3. The van der Waals surface area contributed by atoms with Crippen molar-refractivity contribution in [2.45, 2.75) is 23.0 Å². The van der Waals surface area contributed by atoms with E-state index in [1.54, 1.807) is 6.92 Å². The van der Waals surface area contributed by atoms with E-state index < -0.39 is 4.75 Å². The zero-order valence-electron chi connectivity index (χ0n) is 13.1. The second-order valence-electron chi connectivity index (χ2n) is 5.68. The molecule has 1 atom stereocenters. The molecule has 0 aliphatic carbocycles. The topological polar surface area (TPSA) is 58.2 Å². The molecular weight excluding hydrogens is 344 g/mol. The van der Waals surface area contributed by atoms with Crippen LogP contribution in [-0.2, 0) is 16.0 Å². The standard InChI is InChI=1S/C18H17ClN2O2S/c1-18(17(23)21-14-8-4-5-9-15(14)24-18)16(22)20-11-10-12-6-2-3-7-13(12)19/h2-9H,10-11H2,1H3,(H,20,22)(H,21,23). The third kappa shape index (κ3) is 3.28. The van der Waals surface area contributed by atoms with E-state index in [0.29, 0.717) is 18.0 Å². The molecule has 1 aliphatic heterocycles. The molecule has 0 aromatic heterocycles. The number of thioether (sulfide) groups is 1. The Morgan fingerprint density at radius 1 is 1.21 bits per heavy atom. The Balaban J connectivity index is 1.66.